The summed E-state index contributed by atoms with van der Waals surface area (Å²) < 4.78 is 5.99. The molecule has 0 N–H and O–H groups in total. The normalized spacial score (nSPS) is 16.1. The summed E-state index contributed by atoms with van der Waals surface area (Å²) in [6.45, 7) is 0.528. The highest BCUT2D eigenvalue weighted by molar-refractivity contribution is 9.10. The van der Waals surface area contributed by atoms with Crippen LogP contribution in [0.2, 0.25) is 0 Å². The van der Waals surface area contributed by atoms with E-state index in [1.807, 2.05) is 24.3 Å². The largest absolute Gasteiger partial charge is 0.480 e. The molecular weight excluding hydrogens is 386 g/mol. The Labute approximate surface area is 153 Å². The molecule has 128 valence electrons. The van der Waals surface area contributed by atoms with Crippen LogP contribution >= 0.6 is 15.9 Å². The van der Waals surface area contributed by atoms with Crippen molar-refractivity contribution >= 4 is 39.2 Å². The zero-order valence-corrected chi connectivity index (χ0v) is 15.0. The maximum Gasteiger partial charge on any atom is 0.266 e. The lowest BCUT2D eigenvalue weighted by Gasteiger charge is -2.33. The van der Waals surface area contributed by atoms with Gasteiger partial charge in [0, 0.05) is 12.2 Å². The van der Waals surface area contributed by atoms with E-state index in [0.29, 0.717) is 22.7 Å². The van der Waals surface area contributed by atoms with Crippen molar-refractivity contribution in [3.05, 3.63) is 46.6 Å². The van der Waals surface area contributed by atoms with E-state index in [0.717, 1.165) is 24.1 Å². The van der Waals surface area contributed by atoms with Crippen molar-refractivity contribution < 1.29 is 14.3 Å². The summed E-state index contributed by atoms with van der Waals surface area (Å²) in [6.07, 6.45) is 1.88. The number of para-hydroxylation sites is 1. The molecular formula is C18H16BrN3O3. The van der Waals surface area contributed by atoms with Crippen molar-refractivity contribution in [2.45, 2.75) is 12.8 Å². The van der Waals surface area contributed by atoms with Gasteiger partial charge in [-0.3, -0.25) is 14.5 Å². The molecule has 0 atom stereocenters. The molecule has 3 heterocycles. The van der Waals surface area contributed by atoms with Gasteiger partial charge in [0.15, 0.2) is 18.2 Å². The maximum atomic E-state index is 12.9. The Balaban J connectivity index is 1.62. The van der Waals surface area contributed by atoms with Crippen molar-refractivity contribution in [3.8, 4) is 5.75 Å². The minimum atomic E-state index is -0.267. The van der Waals surface area contributed by atoms with E-state index in [1.165, 1.54) is 4.90 Å². The predicted octanol–water partition coefficient (Wildman–Crippen LogP) is 2.55. The van der Waals surface area contributed by atoms with E-state index in [4.69, 9.17) is 4.74 Å². The number of nitrogens with zero attached hydrogens (tertiary/aromatic N) is 3. The molecule has 0 unspecified atom stereocenters. The highest BCUT2D eigenvalue weighted by Crippen LogP contribution is 2.32. The van der Waals surface area contributed by atoms with Crippen LogP contribution in [0.25, 0.3) is 0 Å². The van der Waals surface area contributed by atoms with Crippen LogP contribution in [0.1, 0.15) is 12.0 Å². The van der Waals surface area contributed by atoms with Crippen molar-refractivity contribution in [3.63, 3.8) is 0 Å². The number of carbonyl (C=O) groups is 2. The number of ether oxygens (including phenoxy) is 1. The molecule has 7 heteroatoms. The van der Waals surface area contributed by atoms with E-state index in [2.05, 4.69) is 20.9 Å². The van der Waals surface area contributed by atoms with E-state index in [1.54, 1.807) is 17.0 Å². The third kappa shape index (κ3) is 3.00. The highest BCUT2D eigenvalue weighted by Gasteiger charge is 2.31. The van der Waals surface area contributed by atoms with Gasteiger partial charge in [0.25, 0.3) is 5.91 Å². The molecule has 0 bridgehead atoms. The molecule has 2 amide bonds. The smallest absolute Gasteiger partial charge is 0.266 e. The van der Waals surface area contributed by atoms with Crippen LogP contribution in [0.3, 0.4) is 0 Å². The van der Waals surface area contributed by atoms with E-state index in [9.17, 15) is 9.59 Å². The van der Waals surface area contributed by atoms with Gasteiger partial charge >= 0.3 is 0 Å². The summed E-state index contributed by atoms with van der Waals surface area (Å²) >= 11 is 3.30. The first-order valence-corrected chi connectivity index (χ1v) is 8.91. The molecule has 1 aromatic carbocycles. The Bertz CT molecular complexity index is 855. The quantitative estimate of drug-likeness (QED) is 0.725. The second-order valence-electron chi connectivity index (χ2n) is 6.00. The second kappa shape index (κ2) is 6.48. The Morgan fingerprint density at radius 1 is 1.24 bits per heavy atom. The minimum Gasteiger partial charge on any atom is -0.480 e. The number of fused-ring (bicyclic) bond motifs is 2. The van der Waals surface area contributed by atoms with Crippen LogP contribution in [0.5, 0.6) is 5.75 Å². The molecule has 0 fully saturated rings. The Morgan fingerprint density at radius 3 is 2.96 bits per heavy atom. The standard InChI is InChI=1S/C18H16BrN3O3/c19-15-8-7-14-18(20-15)22(17(24)11-25-14)10-16(23)21-9-3-5-12-4-1-2-6-13(12)21/h1-2,4,6-8H,3,5,9-11H2. The average molecular weight is 402 g/mol. The fraction of sp³-hybridized carbons (Fsp3) is 0.278. The molecule has 0 radical (unpaired) electrons. The molecule has 2 aliphatic heterocycles. The van der Waals surface area contributed by atoms with Crippen molar-refractivity contribution in [1.82, 2.24) is 4.98 Å². The number of benzene rings is 1. The van der Waals surface area contributed by atoms with Gasteiger partial charge in [-0.2, -0.15) is 0 Å². The van der Waals surface area contributed by atoms with Crippen molar-refractivity contribution in [1.29, 1.82) is 0 Å². The number of aryl methyl sites for hydroxylation is 1. The average Bonchev–Trinajstić information content (AvgIpc) is 2.63. The molecule has 0 saturated carbocycles. The number of carbonyl (C=O) groups excluding carboxylic acids is 2. The first-order valence-electron chi connectivity index (χ1n) is 8.11. The third-order valence-corrected chi connectivity index (χ3v) is 4.86. The first kappa shape index (κ1) is 16.1. The van der Waals surface area contributed by atoms with Crippen molar-refractivity contribution in [2.75, 3.05) is 29.5 Å². The second-order valence-corrected chi connectivity index (χ2v) is 6.81. The van der Waals surface area contributed by atoms with Crippen molar-refractivity contribution in [2.24, 2.45) is 0 Å². The van der Waals surface area contributed by atoms with Gasteiger partial charge in [0.05, 0.1) is 0 Å². The molecule has 0 saturated heterocycles. The number of rotatable bonds is 2. The lowest BCUT2D eigenvalue weighted by atomic mass is 10.0. The number of halogens is 1. The van der Waals surface area contributed by atoms with Gasteiger partial charge in [0.1, 0.15) is 11.1 Å². The van der Waals surface area contributed by atoms with E-state index >= 15 is 0 Å². The Hall–Kier alpha value is -2.41. The number of hydrogen-bond donors (Lipinski definition) is 0. The number of anilines is 2. The van der Waals surface area contributed by atoms with Gasteiger partial charge < -0.3 is 9.64 Å². The van der Waals surface area contributed by atoms with Crippen LogP contribution in [0.15, 0.2) is 41.0 Å². The zero-order valence-electron chi connectivity index (χ0n) is 13.4. The summed E-state index contributed by atoms with van der Waals surface area (Å²) in [7, 11) is 0. The van der Waals surface area contributed by atoms with E-state index in [-0.39, 0.29) is 25.0 Å². The van der Waals surface area contributed by atoms with Crippen LogP contribution in [-0.4, -0.2) is 36.5 Å². The summed E-state index contributed by atoms with van der Waals surface area (Å²) in [5.74, 6) is 0.505. The monoisotopic (exact) mass is 401 g/mol. The number of hydrogen-bond acceptors (Lipinski definition) is 4. The van der Waals surface area contributed by atoms with Crippen LogP contribution < -0.4 is 14.5 Å². The summed E-state index contributed by atoms with van der Waals surface area (Å²) in [5, 5.41) is 0. The molecule has 1 aromatic heterocycles. The molecule has 25 heavy (non-hydrogen) atoms. The van der Waals surface area contributed by atoms with Gasteiger partial charge in [0.2, 0.25) is 5.91 Å². The van der Waals surface area contributed by atoms with Gasteiger partial charge in [-0.1, -0.05) is 18.2 Å². The lowest BCUT2D eigenvalue weighted by molar-refractivity contribution is -0.124. The van der Waals surface area contributed by atoms with Crippen LogP contribution in [-0.2, 0) is 16.0 Å². The molecule has 6 nitrogen and oxygen atoms in total. The maximum absolute atomic E-state index is 12.9. The highest BCUT2D eigenvalue weighted by atomic mass is 79.9. The minimum absolute atomic E-state index is 0.0486. The number of aromatic nitrogens is 1. The van der Waals surface area contributed by atoms with Crippen LogP contribution in [0.4, 0.5) is 11.5 Å². The fourth-order valence-corrected chi connectivity index (χ4v) is 3.53. The number of pyridine rings is 1. The fourth-order valence-electron chi connectivity index (χ4n) is 3.23. The van der Waals surface area contributed by atoms with E-state index < -0.39 is 0 Å². The zero-order chi connectivity index (χ0) is 17.4. The third-order valence-electron chi connectivity index (χ3n) is 4.42. The van der Waals surface area contributed by atoms with Gasteiger partial charge in [-0.15, -0.1) is 0 Å². The van der Waals surface area contributed by atoms with Gasteiger partial charge in [-0.25, -0.2) is 4.98 Å². The molecule has 0 aliphatic carbocycles. The van der Waals surface area contributed by atoms with Crippen LogP contribution in [0, 0.1) is 0 Å². The molecule has 4 rings (SSSR count). The van der Waals surface area contributed by atoms with Gasteiger partial charge in [-0.05, 0) is 52.5 Å². The molecule has 0 spiro atoms. The Kier molecular flexibility index (Phi) is 4.17. The first-order chi connectivity index (χ1) is 12.1. The summed E-state index contributed by atoms with van der Waals surface area (Å²) in [6, 6.07) is 11.4. The topological polar surface area (TPSA) is 62.7 Å². The predicted molar refractivity (Wildman–Crippen MR) is 96.9 cm³/mol. The summed E-state index contributed by atoms with van der Waals surface area (Å²) in [4.78, 5) is 32.7. The SMILES string of the molecule is O=C(CN1C(=O)COc2ccc(Br)nc21)N1CCCc2ccccc21. The lowest BCUT2D eigenvalue weighted by Crippen LogP contribution is -2.48. The number of amides is 2. The molecule has 2 aromatic rings. The Morgan fingerprint density at radius 2 is 2.08 bits per heavy atom. The molecule has 2 aliphatic rings. The summed E-state index contributed by atoms with van der Waals surface area (Å²) in [5.41, 5.74) is 2.10.